The molecular formula is C9H15N3O3. The van der Waals surface area contributed by atoms with Crippen LogP contribution in [0.4, 0.5) is 0 Å². The third kappa shape index (κ3) is 3.69. The fourth-order valence-corrected chi connectivity index (χ4v) is 1.21. The SMILES string of the molecule is CCC(CO)NCc1cc(=O)[nH]c(=O)[nH]1. The van der Waals surface area contributed by atoms with Gasteiger partial charge in [-0.2, -0.15) is 0 Å². The number of hydrogen-bond donors (Lipinski definition) is 4. The highest BCUT2D eigenvalue weighted by Gasteiger charge is 2.03. The number of H-pyrrole nitrogens is 2. The van der Waals surface area contributed by atoms with Crippen molar-refractivity contribution in [3.05, 3.63) is 32.6 Å². The smallest absolute Gasteiger partial charge is 0.325 e. The highest BCUT2D eigenvalue weighted by Crippen LogP contribution is 1.91. The Morgan fingerprint density at radius 1 is 1.47 bits per heavy atom. The quantitative estimate of drug-likeness (QED) is 0.500. The summed E-state index contributed by atoms with van der Waals surface area (Å²) >= 11 is 0. The minimum Gasteiger partial charge on any atom is -0.395 e. The minimum absolute atomic E-state index is 0.0206. The van der Waals surface area contributed by atoms with Gasteiger partial charge in [0.2, 0.25) is 0 Å². The lowest BCUT2D eigenvalue weighted by molar-refractivity contribution is 0.238. The summed E-state index contributed by atoms with van der Waals surface area (Å²) in [6.07, 6.45) is 0.782. The molecule has 0 saturated carbocycles. The topological polar surface area (TPSA) is 98.0 Å². The van der Waals surface area contributed by atoms with Crippen molar-refractivity contribution in [2.75, 3.05) is 6.61 Å². The Hall–Kier alpha value is -1.40. The lowest BCUT2D eigenvalue weighted by atomic mass is 10.2. The maximum Gasteiger partial charge on any atom is 0.325 e. The molecule has 4 N–H and O–H groups in total. The number of hydrogen-bond acceptors (Lipinski definition) is 4. The molecule has 0 aliphatic rings. The van der Waals surface area contributed by atoms with Crippen LogP contribution in [0, 0.1) is 0 Å². The van der Waals surface area contributed by atoms with Gasteiger partial charge in [0.1, 0.15) is 0 Å². The number of aliphatic hydroxyl groups is 1. The molecule has 0 aliphatic heterocycles. The Morgan fingerprint density at radius 2 is 2.20 bits per heavy atom. The van der Waals surface area contributed by atoms with Crippen LogP contribution in [-0.4, -0.2) is 27.7 Å². The largest absolute Gasteiger partial charge is 0.395 e. The maximum atomic E-state index is 10.9. The van der Waals surface area contributed by atoms with Gasteiger partial charge in [0.15, 0.2) is 0 Å². The van der Waals surface area contributed by atoms with Crippen LogP contribution in [0.1, 0.15) is 19.0 Å². The van der Waals surface area contributed by atoms with Crippen LogP contribution in [-0.2, 0) is 6.54 Å². The van der Waals surface area contributed by atoms with E-state index in [0.717, 1.165) is 6.42 Å². The summed E-state index contributed by atoms with van der Waals surface area (Å²) in [6.45, 7) is 2.33. The summed E-state index contributed by atoms with van der Waals surface area (Å²) in [5, 5.41) is 11.9. The van der Waals surface area contributed by atoms with E-state index >= 15 is 0 Å². The summed E-state index contributed by atoms with van der Waals surface area (Å²) < 4.78 is 0. The molecule has 1 atom stereocenters. The third-order valence-corrected chi connectivity index (χ3v) is 2.11. The molecule has 1 aromatic heterocycles. The molecule has 1 aromatic rings. The second-order valence-corrected chi connectivity index (χ2v) is 3.28. The summed E-state index contributed by atoms with van der Waals surface area (Å²) in [5.74, 6) is 0. The lowest BCUT2D eigenvalue weighted by Crippen LogP contribution is -2.33. The zero-order chi connectivity index (χ0) is 11.3. The molecule has 0 bridgehead atoms. The monoisotopic (exact) mass is 213 g/mol. The second kappa shape index (κ2) is 5.47. The van der Waals surface area contributed by atoms with Crippen LogP contribution >= 0.6 is 0 Å². The van der Waals surface area contributed by atoms with E-state index in [0.29, 0.717) is 12.2 Å². The maximum absolute atomic E-state index is 10.9. The van der Waals surface area contributed by atoms with Gasteiger partial charge in [-0.25, -0.2) is 4.79 Å². The van der Waals surface area contributed by atoms with Crippen LogP contribution in [0.3, 0.4) is 0 Å². The molecule has 6 nitrogen and oxygen atoms in total. The standard InChI is InChI=1S/C9H15N3O3/c1-2-6(5-13)10-4-7-3-8(14)12-9(15)11-7/h3,6,10,13H,2,4-5H2,1H3,(H2,11,12,14,15). The van der Waals surface area contributed by atoms with E-state index in [9.17, 15) is 9.59 Å². The number of rotatable bonds is 5. The number of aromatic amines is 2. The van der Waals surface area contributed by atoms with E-state index < -0.39 is 11.2 Å². The number of aliphatic hydroxyl groups excluding tert-OH is 1. The normalized spacial score (nSPS) is 12.7. The van der Waals surface area contributed by atoms with Crippen LogP contribution in [0.5, 0.6) is 0 Å². The van der Waals surface area contributed by atoms with Crippen LogP contribution < -0.4 is 16.6 Å². The van der Waals surface area contributed by atoms with Crippen molar-refractivity contribution in [1.82, 2.24) is 15.3 Å². The first-order valence-electron chi connectivity index (χ1n) is 4.82. The van der Waals surface area contributed by atoms with Crippen molar-refractivity contribution in [1.29, 1.82) is 0 Å². The average molecular weight is 213 g/mol. The highest BCUT2D eigenvalue weighted by atomic mass is 16.3. The van der Waals surface area contributed by atoms with Crippen molar-refractivity contribution < 1.29 is 5.11 Å². The Morgan fingerprint density at radius 3 is 2.73 bits per heavy atom. The molecule has 0 aliphatic carbocycles. The molecule has 1 rings (SSSR count). The van der Waals surface area contributed by atoms with Crippen LogP contribution in [0.2, 0.25) is 0 Å². The van der Waals surface area contributed by atoms with Crippen molar-refractivity contribution in [3.8, 4) is 0 Å². The van der Waals surface area contributed by atoms with E-state index in [2.05, 4.69) is 15.3 Å². The molecule has 0 aromatic carbocycles. The van der Waals surface area contributed by atoms with E-state index in [1.165, 1.54) is 6.07 Å². The first kappa shape index (κ1) is 11.7. The van der Waals surface area contributed by atoms with Crippen molar-refractivity contribution in [2.24, 2.45) is 0 Å². The molecule has 15 heavy (non-hydrogen) atoms. The van der Waals surface area contributed by atoms with Crippen molar-refractivity contribution in [2.45, 2.75) is 25.9 Å². The minimum atomic E-state index is -0.517. The predicted octanol–water partition coefficient (Wildman–Crippen LogP) is -1.08. The average Bonchev–Trinajstić information content (AvgIpc) is 2.18. The van der Waals surface area contributed by atoms with E-state index in [1.54, 1.807) is 0 Å². The first-order chi connectivity index (χ1) is 7.15. The van der Waals surface area contributed by atoms with Gasteiger partial charge in [-0.1, -0.05) is 6.92 Å². The Bertz CT molecular complexity index is 377. The molecule has 6 heteroatoms. The van der Waals surface area contributed by atoms with Crippen LogP contribution in [0.15, 0.2) is 15.7 Å². The Labute approximate surface area is 86.4 Å². The molecule has 84 valence electrons. The van der Waals surface area contributed by atoms with Gasteiger partial charge >= 0.3 is 5.69 Å². The first-order valence-corrected chi connectivity index (χ1v) is 4.82. The van der Waals surface area contributed by atoms with Gasteiger partial charge in [0.05, 0.1) is 6.61 Å². The Kier molecular flexibility index (Phi) is 4.26. The second-order valence-electron chi connectivity index (χ2n) is 3.28. The molecule has 0 saturated heterocycles. The molecule has 0 amide bonds. The van der Waals surface area contributed by atoms with Gasteiger partial charge in [0, 0.05) is 24.3 Å². The number of aromatic nitrogens is 2. The fraction of sp³-hybridized carbons (Fsp3) is 0.556. The fourth-order valence-electron chi connectivity index (χ4n) is 1.21. The van der Waals surface area contributed by atoms with E-state index in [4.69, 9.17) is 5.11 Å². The third-order valence-electron chi connectivity index (χ3n) is 2.11. The predicted molar refractivity (Wildman–Crippen MR) is 55.7 cm³/mol. The molecule has 0 fully saturated rings. The lowest BCUT2D eigenvalue weighted by Gasteiger charge is -2.13. The molecule has 0 spiro atoms. The van der Waals surface area contributed by atoms with Gasteiger partial charge in [0.25, 0.3) is 5.56 Å². The molecule has 1 unspecified atom stereocenters. The Balaban J connectivity index is 2.65. The van der Waals surface area contributed by atoms with Crippen molar-refractivity contribution >= 4 is 0 Å². The van der Waals surface area contributed by atoms with Gasteiger partial charge < -0.3 is 15.4 Å². The zero-order valence-electron chi connectivity index (χ0n) is 8.54. The van der Waals surface area contributed by atoms with Gasteiger partial charge in [-0.3, -0.25) is 9.78 Å². The van der Waals surface area contributed by atoms with Gasteiger partial charge in [-0.05, 0) is 6.42 Å². The highest BCUT2D eigenvalue weighted by molar-refractivity contribution is 4.98. The molecule has 1 heterocycles. The molecule has 0 radical (unpaired) electrons. The van der Waals surface area contributed by atoms with Crippen molar-refractivity contribution in [3.63, 3.8) is 0 Å². The van der Waals surface area contributed by atoms with E-state index in [1.807, 2.05) is 6.92 Å². The summed E-state index contributed by atoms with van der Waals surface area (Å²) in [5.41, 5.74) is -0.431. The summed E-state index contributed by atoms with van der Waals surface area (Å²) in [7, 11) is 0. The molecular weight excluding hydrogens is 198 g/mol. The van der Waals surface area contributed by atoms with E-state index in [-0.39, 0.29) is 12.6 Å². The summed E-state index contributed by atoms with van der Waals surface area (Å²) in [6, 6.07) is 1.30. The zero-order valence-corrected chi connectivity index (χ0v) is 8.54. The van der Waals surface area contributed by atoms with Crippen LogP contribution in [0.25, 0.3) is 0 Å². The number of nitrogens with one attached hydrogen (secondary N) is 3. The summed E-state index contributed by atoms with van der Waals surface area (Å²) in [4.78, 5) is 26.4. The van der Waals surface area contributed by atoms with Gasteiger partial charge in [-0.15, -0.1) is 0 Å².